The molecule has 20 heavy (non-hydrogen) atoms. The van der Waals surface area contributed by atoms with Crippen LogP contribution in [0.5, 0.6) is 0 Å². The molecule has 1 saturated heterocycles. The van der Waals surface area contributed by atoms with Gasteiger partial charge in [0.25, 0.3) is 0 Å². The molecular formula is C14H20F3N3. The predicted molar refractivity (Wildman–Crippen MR) is 74.0 cm³/mol. The van der Waals surface area contributed by atoms with E-state index < -0.39 is 11.7 Å². The van der Waals surface area contributed by atoms with Gasteiger partial charge in [-0.05, 0) is 37.8 Å². The number of pyridine rings is 1. The van der Waals surface area contributed by atoms with Gasteiger partial charge in [-0.25, -0.2) is 4.98 Å². The Balaban J connectivity index is 2.29. The monoisotopic (exact) mass is 287 g/mol. The summed E-state index contributed by atoms with van der Waals surface area (Å²) >= 11 is 0. The maximum Gasteiger partial charge on any atom is 0.416 e. The van der Waals surface area contributed by atoms with E-state index in [0.717, 1.165) is 38.1 Å². The molecule has 0 atom stereocenters. The van der Waals surface area contributed by atoms with Gasteiger partial charge in [0.05, 0.1) is 5.56 Å². The molecule has 2 rings (SSSR count). The van der Waals surface area contributed by atoms with Gasteiger partial charge >= 0.3 is 6.18 Å². The Morgan fingerprint density at radius 1 is 1.30 bits per heavy atom. The third-order valence-electron chi connectivity index (χ3n) is 3.60. The van der Waals surface area contributed by atoms with E-state index in [1.807, 2.05) is 11.8 Å². The number of piperidine rings is 1. The van der Waals surface area contributed by atoms with E-state index >= 15 is 0 Å². The summed E-state index contributed by atoms with van der Waals surface area (Å²) in [5.74, 6) is 1.34. The van der Waals surface area contributed by atoms with Gasteiger partial charge in [-0.1, -0.05) is 6.92 Å². The van der Waals surface area contributed by atoms with Crippen LogP contribution in [-0.2, 0) is 6.18 Å². The maximum absolute atomic E-state index is 12.9. The highest BCUT2D eigenvalue weighted by atomic mass is 19.4. The smallest absolute Gasteiger partial charge is 0.370 e. The highest BCUT2D eigenvalue weighted by Gasteiger charge is 2.32. The zero-order valence-corrected chi connectivity index (χ0v) is 11.8. The van der Waals surface area contributed by atoms with Crippen LogP contribution in [0.15, 0.2) is 12.1 Å². The van der Waals surface area contributed by atoms with Gasteiger partial charge in [-0.3, -0.25) is 0 Å². The molecule has 0 aromatic carbocycles. The van der Waals surface area contributed by atoms with Gasteiger partial charge in [-0.15, -0.1) is 0 Å². The van der Waals surface area contributed by atoms with Crippen LogP contribution in [0.1, 0.15) is 32.3 Å². The molecule has 1 aliphatic rings. The first-order chi connectivity index (χ1) is 9.40. The van der Waals surface area contributed by atoms with Crippen molar-refractivity contribution in [3.8, 4) is 0 Å². The van der Waals surface area contributed by atoms with Crippen LogP contribution in [0.4, 0.5) is 24.8 Å². The fourth-order valence-electron chi connectivity index (χ4n) is 2.35. The number of rotatable bonds is 3. The SMILES string of the molecule is CCNc1cc(C(F)(F)F)cc(N2CCC(C)CC2)n1. The van der Waals surface area contributed by atoms with Crippen molar-refractivity contribution in [2.24, 2.45) is 5.92 Å². The molecule has 1 aromatic rings. The Bertz CT molecular complexity index is 451. The number of aromatic nitrogens is 1. The standard InChI is InChI=1S/C14H20F3N3/c1-3-18-12-8-11(14(15,16)17)9-13(19-12)20-6-4-10(2)5-7-20/h8-10H,3-7H2,1-2H3,(H,18,19). The van der Waals surface area contributed by atoms with Crippen molar-refractivity contribution in [3.63, 3.8) is 0 Å². The third kappa shape index (κ3) is 3.55. The van der Waals surface area contributed by atoms with Crippen molar-refractivity contribution in [1.29, 1.82) is 0 Å². The summed E-state index contributed by atoms with van der Waals surface area (Å²) in [5, 5.41) is 2.87. The van der Waals surface area contributed by atoms with E-state index in [1.54, 1.807) is 0 Å². The minimum atomic E-state index is -4.34. The first-order valence-electron chi connectivity index (χ1n) is 6.98. The number of nitrogens with zero attached hydrogens (tertiary/aromatic N) is 2. The van der Waals surface area contributed by atoms with Gasteiger partial charge in [0.15, 0.2) is 0 Å². The molecule has 112 valence electrons. The second-order valence-electron chi connectivity index (χ2n) is 5.30. The lowest BCUT2D eigenvalue weighted by atomic mass is 9.99. The van der Waals surface area contributed by atoms with Gasteiger partial charge in [-0.2, -0.15) is 13.2 Å². The summed E-state index contributed by atoms with van der Waals surface area (Å²) in [4.78, 5) is 6.24. The predicted octanol–water partition coefficient (Wildman–Crippen LogP) is 3.77. The fraction of sp³-hybridized carbons (Fsp3) is 0.643. The van der Waals surface area contributed by atoms with E-state index in [0.29, 0.717) is 18.3 Å². The highest BCUT2D eigenvalue weighted by Crippen LogP contribution is 2.33. The Kier molecular flexibility index (Phi) is 4.40. The molecule has 1 aromatic heterocycles. The minimum absolute atomic E-state index is 0.288. The Hall–Kier alpha value is -1.46. The van der Waals surface area contributed by atoms with Gasteiger partial charge in [0, 0.05) is 19.6 Å². The molecule has 0 amide bonds. The molecule has 2 heterocycles. The van der Waals surface area contributed by atoms with Crippen molar-refractivity contribution >= 4 is 11.6 Å². The fourth-order valence-corrected chi connectivity index (χ4v) is 2.35. The Morgan fingerprint density at radius 3 is 2.50 bits per heavy atom. The van der Waals surface area contributed by atoms with E-state index in [-0.39, 0.29) is 5.82 Å². The first kappa shape index (κ1) is 14.9. The number of alkyl halides is 3. The molecule has 0 radical (unpaired) electrons. The number of halogens is 3. The largest absolute Gasteiger partial charge is 0.416 e. The number of nitrogens with one attached hydrogen (secondary N) is 1. The molecule has 1 N–H and O–H groups in total. The van der Waals surface area contributed by atoms with Crippen molar-refractivity contribution in [2.75, 3.05) is 29.9 Å². The lowest BCUT2D eigenvalue weighted by Crippen LogP contribution is -2.33. The summed E-state index contributed by atoms with van der Waals surface area (Å²) in [6.45, 7) is 6.08. The van der Waals surface area contributed by atoms with Crippen molar-refractivity contribution in [2.45, 2.75) is 32.9 Å². The average molecular weight is 287 g/mol. The molecule has 3 nitrogen and oxygen atoms in total. The molecule has 6 heteroatoms. The summed E-state index contributed by atoms with van der Waals surface area (Å²) in [7, 11) is 0. The molecule has 1 aliphatic heterocycles. The first-order valence-corrected chi connectivity index (χ1v) is 6.98. The second-order valence-corrected chi connectivity index (χ2v) is 5.30. The van der Waals surface area contributed by atoms with E-state index in [9.17, 15) is 13.2 Å². The van der Waals surface area contributed by atoms with Crippen LogP contribution >= 0.6 is 0 Å². The lowest BCUT2D eigenvalue weighted by Gasteiger charge is -2.31. The van der Waals surface area contributed by atoms with E-state index in [2.05, 4.69) is 17.2 Å². The number of hydrogen-bond donors (Lipinski definition) is 1. The van der Waals surface area contributed by atoms with E-state index in [1.165, 1.54) is 0 Å². The number of hydrogen-bond acceptors (Lipinski definition) is 3. The van der Waals surface area contributed by atoms with E-state index in [4.69, 9.17) is 0 Å². The van der Waals surface area contributed by atoms with Gasteiger partial charge < -0.3 is 10.2 Å². The van der Waals surface area contributed by atoms with Crippen LogP contribution in [0.25, 0.3) is 0 Å². The zero-order chi connectivity index (χ0) is 14.8. The van der Waals surface area contributed by atoms with Crippen LogP contribution in [0, 0.1) is 5.92 Å². The van der Waals surface area contributed by atoms with Crippen molar-refractivity contribution < 1.29 is 13.2 Å². The average Bonchev–Trinajstić information content (AvgIpc) is 2.38. The zero-order valence-electron chi connectivity index (χ0n) is 11.8. The summed E-state index contributed by atoms with van der Waals surface area (Å²) in [6.07, 6.45) is -2.35. The Morgan fingerprint density at radius 2 is 1.95 bits per heavy atom. The van der Waals surface area contributed by atoms with Gasteiger partial charge in [0.2, 0.25) is 0 Å². The topological polar surface area (TPSA) is 28.2 Å². The Labute approximate surface area is 117 Å². The van der Waals surface area contributed by atoms with Crippen molar-refractivity contribution in [3.05, 3.63) is 17.7 Å². The maximum atomic E-state index is 12.9. The van der Waals surface area contributed by atoms with Gasteiger partial charge in [0.1, 0.15) is 11.6 Å². The molecule has 1 fully saturated rings. The third-order valence-corrected chi connectivity index (χ3v) is 3.60. The molecule has 0 aliphatic carbocycles. The second kappa shape index (κ2) is 5.89. The lowest BCUT2D eigenvalue weighted by molar-refractivity contribution is -0.137. The van der Waals surface area contributed by atoms with Crippen LogP contribution in [0.3, 0.4) is 0 Å². The molecule has 0 spiro atoms. The van der Waals surface area contributed by atoms with Crippen LogP contribution in [-0.4, -0.2) is 24.6 Å². The molecule has 0 unspecified atom stereocenters. The molecular weight excluding hydrogens is 267 g/mol. The molecule has 0 saturated carbocycles. The summed E-state index contributed by atoms with van der Waals surface area (Å²) < 4.78 is 38.8. The summed E-state index contributed by atoms with van der Waals surface area (Å²) in [6, 6.07) is 2.22. The van der Waals surface area contributed by atoms with Crippen molar-refractivity contribution in [1.82, 2.24) is 4.98 Å². The highest BCUT2D eigenvalue weighted by molar-refractivity contribution is 5.51. The summed E-state index contributed by atoms with van der Waals surface area (Å²) in [5.41, 5.74) is -0.642. The molecule has 0 bridgehead atoms. The minimum Gasteiger partial charge on any atom is -0.370 e. The van der Waals surface area contributed by atoms with Crippen LogP contribution < -0.4 is 10.2 Å². The quantitative estimate of drug-likeness (QED) is 0.917. The normalized spacial score (nSPS) is 17.4. The number of anilines is 2. The van der Waals surface area contributed by atoms with Crippen LogP contribution in [0.2, 0.25) is 0 Å².